The van der Waals surface area contributed by atoms with Crippen molar-refractivity contribution in [2.75, 3.05) is 0 Å². The molecule has 0 saturated carbocycles. The Hall–Kier alpha value is -1.11. The van der Waals surface area contributed by atoms with E-state index in [-0.39, 0.29) is 17.1 Å². The van der Waals surface area contributed by atoms with Crippen LogP contribution in [0, 0.1) is 0 Å². The lowest BCUT2D eigenvalue weighted by Gasteiger charge is -2.15. The fraction of sp³-hybridized carbons (Fsp3) is 0.200. The molecule has 1 aliphatic rings. The van der Waals surface area contributed by atoms with Gasteiger partial charge in [0.2, 0.25) is 0 Å². The van der Waals surface area contributed by atoms with E-state index in [1.165, 1.54) is 18.5 Å². The molecule has 1 unspecified atom stereocenters. The quantitative estimate of drug-likeness (QED) is 0.851. The molecule has 0 bridgehead atoms. The molecule has 0 spiro atoms. The largest absolute Gasteiger partial charge is 0.272 e. The van der Waals surface area contributed by atoms with Crippen LogP contribution in [0.3, 0.4) is 0 Å². The number of hydrazone groups is 1. The summed E-state index contributed by atoms with van der Waals surface area (Å²) in [6, 6.07) is 1.46. The first-order valence-electron chi connectivity index (χ1n) is 4.89. The van der Waals surface area contributed by atoms with Gasteiger partial charge in [0, 0.05) is 12.4 Å². The molecule has 2 heterocycles. The fourth-order valence-electron chi connectivity index (χ4n) is 1.39. The van der Waals surface area contributed by atoms with Crippen LogP contribution in [0.1, 0.15) is 17.4 Å². The Balaban J connectivity index is 2.25. The second-order valence-corrected chi connectivity index (χ2v) is 4.83. The zero-order valence-corrected chi connectivity index (χ0v) is 11.3. The van der Waals surface area contributed by atoms with Gasteiger partial charge in [0.15, 0.2) is 0 Å². The van der Waals surface area contributed by atoms with Crippen LogP contribution in [0.5, 0.6) is 0 Å². The van der Waals surface area contributed by atoms with E-state index in [1.807, 2.05) is 0 Å². The zero-order valence-electron chi connectivity index (χ0n) is 8.88. The van der Waals surface area contributed by atoms with Gasteiger partial charge in [0.05, 0.1) is 22.2 Å². The summed E-state index contributed by atoms with van der Waals surface area (Å²) in [6.45, 7) is 0. The number of nitrogens with zero attached hydrogens (tertiary/aromatic N) is 3. The first-order chi connectivity index (χ1) is 8.50. The van der Waals surface area contributed by atoms with Crippen molar-refractivity contribution in [2.24, 2.45) is 5.10 Å². The van der Waals surface area contributed by atoms with Crippen LogP contribution >= 0.6 is 35.8 Å². The van der Waals surface area contributed by atoms with E-state index in [0.717, 1.165) is 5.01 Å². The molecular formula is C10H7Cl2N3O2S. The number of halogens is 2. The third kappa shape index (κ3) is 2.50. The van der Waals surface area contributed by atoms with Crippen molar-refractivity contribution < 1.29 is 9.59 Å². The Labute approximate surface area is 118 Å². The van der Waals surface area contributed by atoms with Crippen LogP contribution in [0.25, 0.3) is 0 Å². The Bertz CT molecular complexity index is 550. The van der Waals surface area contributed by atoms with Gasteiger partial charge >= 0.3 is 0 Å². The summed E-state index contributed by atoms with van der Waals surface area (Å²) in [6.07, 6.45) is 2.82. The SMILES string of the molecule is O=C1CC=NN1C(=O)C(S)c1ncc(Cl)cc1Cl. The lowest BCUT2D eigenvalue weighted by atomic mass is 10.2. The molecule has 1 atom stereocenters. The summed E-state index contributed by atoms with van der Waals surface area (Å²) in [4.78, 5) is 27.3. The lowest BCUT2D eigenvalue weighted by Crippen LogP contribution is -2.31. The minimum atomic E-state index is -0.964. The van der Waals surface area contributed by atoms with Crippen LogP contribution in [0.2, 0.25) is 10.0 Å². The normalized spacial score (nSPS) is 16.2. The van der Waals surface area contributed by atoms with Crippen molar-refractivity contribution in [1.82, 2.24) is 9.99 Å². The molecule has 1 aromatic rings. The van der Waals surface area contributed by atoms with Crippen LogP contribution in [-0.2, 0) is 9.59 Å². The maximum absolute atomic E-state index is 12.0. The van der Waals surface area contributed by atoms with Crippen LogP contribution in [0.4, 0.5) is 0 Å². The molecule has 0 fully saturated rings. The molecule has 18 heavy (non-hydrogen) atoms. The van der Waals surface area contributed by atoms with Crippen molar-refractivity contribution in [2.45, 2.75) is 11.7 Å². The molecule has 5 nitrogen and oxygen atoms in total. The maximum Gasteiger partial charge on any atom is 0.268 e. The van der Waals surface area contributed by atoms with E-state index in [0.29, 0.717) is 5.02 Å². The van der Waals surface area contributed by atoms with Crippen LogP contribution in [-0.4, -0.2) is 28.0 Å². The number of hydrogen-bond acceptors (Lipinski definition) is 5. The minimum absolute atomic E-state index is 0.105. The molecule has 94 valence electrons. The number of carbonyl (C=O) groups excluding carboxylic acids is 2. The molecule has 0 aliphatic carbocycles. The van der Waals surface area contributed by atoms with E-state index in [4.69, 9.17) is 23.2 Å². The lowest BCUT2D eigenvalue weighted by molar-refractivity contribution is -0.142. The average molecular weight is 304 g/mol. The summed E-state index contributed by atoms with van der Waals surface area (Å²) >= 11 is 15.8. The number of carbonyl (C=O) groups is 2. The van der Waals surface area contributed by atoms with Crippen LogP contribution in [0.15, 0.2) is 17.4 Å². The van der Waals surface area contributed by atoms with Crippen LogP contribution < -0.4 is 0 Å². The second-order valence-electron chi connectivity index (χ2n) is 3.47. The number of pyridine rings is 1. The Kier molecular flexibility index (Phi) is 3.89. The monoisotopic (exact) mass is 303 g/mol. The molecule has 0 N–H and O–H groups in total. The molecule has 8 heteroatoms. The maximum atomic E-state index is 12.0. The number of hydrogen-bond donors (Lipinski definition) is 1. The smallest absolute Gasteiger partial charge is 0.268 e. The Morgan fingerprint density at radius 3 is 2.78 bits per heavy atom. The molecule has 2 rings (SSSR count). The van der Waals surface area contributed by atoms with Crippen molar-refractivity contribution >= 4 is 53.9 Å². The van der Waals surface area contributed by atoms with Gasteiger partial charge in [-0.05, 0) is 6.07 Å². The predicted octanol–water partition coefficient (Wildman–Crippen LogP) is 2.10. The summed E-state index contributed by atoms with van der Waals surface area (Å²) in [5.74, 6) is -0.988. The molecule has 0 aromatic carbocycles. The van der Waals surface area contributed by atoms with E-state index in [2.05, 4.69) is 22.7 Å². The van der Waals surface area contributed by atoms with Gasteiger partial charge in [-0.25, -0.2) is 0 Å². The highest BCUT2D eigenvalue weighted by atomic mass is 35.5. The van der Waals surface area contributed by atoms with Gasteiger partial charge in [0.1, 0.15) is 5.25 Å². The first kappa shape index (κ1) is 13.3. The molecular weight excluding hydrogens is 297 g/mol. The fourth-order valence-corrected chi connectivity index (χ4v) is 2.27. The second kappa shape index (κ2) is 5.26. The van der Waals surface area contributed by atoms with E-state index in [9.17, 15) is 9.59 Å². The third-order valence-corrected chi connectivity index (χ3v) is 3.21. The summed E-state index contributed by atoms with van der Waals surface area (Å²) in [5, 5.41) is 4.05. The number of imide groups is 1. The topological polar surface area (TPSA) is 62.6 Å². The standard InChI is InChI=1S/C10H7Cl2N3O2S/c11-5-3-6(12)8(13-4-5)9(18)10(17)15-7(16)1-2-14-15/h2-4,9,18H,1H2. The number of thiol groups is 1. The number of amides is 2. The van der Waals surface area contributed by atoms with Crippen molar-refractivity contribution in [3.8, 4) is 0 Å². The first-order valence-corrected chi connectivity index (χ1v) is 6.16. The highest BCUT2D eigenvalue weighted by Gasteiger charge is 2.31. The molecule has 1 aromatic heterocycles. The highest BCUT2D eigenvalue weighted by molar-refractivity contribution is 7.81. The molecule has 0 saturated heterocycles. The van der Waals surface area contributed by atoms with Gasteiger partial charge < -0.3 is 0 Å². The molecule has 2 amide bonds. The minimum Gasteiger partial charge on any atom is -0.272 e. The van der Waals surface area contributed by atoms with E-state index in [1.54, 1.807) is 0 Å². The van der Waals surface area contributed by atoms with Gasteiger partial charge in [-0.1, -0.05) is 23.2 Å². The Morgan fingerprint density at radius 1 is 1.50 bits per heavy atom. The zero-order chi connectivity index (χ0) is 13.3. The van der Waals surface area contributed by atoms with Crippen molar-refractivity contribution in [1.29, 1.82) is 0 Å². The van der Waals surface area contributed by atoms with Crippen molar-refractivity contribution in [3.63, 3.8) is 0 Å². The highest BCUT2D eigenvalue weighted by Crippen LogP contribution is 2.29. The molecule has 1 aliphatic heterocycles. The number of rotatable bonds is 2. The summed E-state index contributed by atoms with van der Waals surface area (Å²) in [7, 11) is 0. The van der Waals surface area contributed by atoms with Gasteiger partial charge in [0.25, 0.3) is 11.8 Å². The van der Waals surface area contributed by atoms with E-state index < -0.39 is 17.1 Å². The van der Waals surface area contributed by atoms with Gasteiger partial charge in [-0.3, -0.25) is 14.6 Å². The predicted molar refractivity (Wildman–Crippen MR) is 70.9 cm³/mol. The number of aromatic nitrogens is 1. The van der Waals surface area contributed by atoms with Gasteiger partial charge in [-0.15, -0.1) is 0 Å². The van der Waals surface area contributed by atoms with Crippen molar-refractivity contribution in [3.05, 3.63) is 28.0 Å². The summed E-state index contributed by atoms with van der Waals surface area (Å²) in [5.41, 5.74) is 0.240. The molecule has 0 radical (unpaired) electrons. The third-order valence-electron chi connectivity index (χ3n) is 2.24. The summed E-state index contributed by atoms with van der Waals surface area (Å²) < 4.78 is 0. The van der Waals surface area contributed by atoms with Gasteiger partial charge in [-0.2, -0.15) is 22.7 Å². The Morgan fingerprint density at radius 2 is 2.22 bits per heavy atom. The van der Waals surface area contributed by atoms with E-state index >= 15 is 0 Å². The average Bonchev–Trinajstić information content (AvgIpc) is 2.74.